The number of nitrogens with zero attached hydrogens (tertiary/aromatic N) is 3. The molecule has 100 valence electrons. The molecule has 0 atom stereocenters. The molecule has 0 aliphatic heterocycles. The number of benzene rings is 2. The Morgan fingerprint density at radius 1 is 1.05 bits per heavy atom. The van der Waals surface area contributed by atoms with Gasteiger partial charge in [0.25, 0.3) is 0 Å². The lowest BCUT2D eigenvalue weighted by atomic mass is 10.2. The highest BCUT2D eigenvalue weighted by Crippen LogP contribution is 2.25. The maximum atomic E-state index is 6.03. The number of halogens is 2. The minimum absolute atomic E-state index is 0.705. The maximum absolute atomic E-state index is 6.03. The van der Waals surface area contributed by atoms with E-state index in [0.717, 1.165) is 15.0 Å². The molecule has 0 spiro atoms. The molecule has 2 aromatic carbocycles. The van der Waals surface area contributed by atoms with Crippen molar-refractivity contribution in [2.24, 2.45) is 0 Å². The predicted molar refractivity (Wildman–Crippen MR) is 88.7 cm³/mol. The second-order valence-corrected chi connectivity index (χ2v) is 5.84. The van der Waals surface area contributed by atoms with Crippen LogP contribution >= 0.6 is 34.2 Å². The summed E-state index contributed by atoms with van der Waals surface area (Å²) in [5.41, 5.74) is 3.05. The van der Waals surface area contributed by atoms with Crippen LogP contribution in [0.4, 0.5) is 0 Å². The van der Waals surface area contributed by atoms with Gasteiger partial charge in [0.2, 0.25) is 0 Å². The number of hydrogen-bond donors (Lipinski definition) is 0. The molecule has 0 aliphatic rings. The van der Waals surface area contributed by atoms with Gasteiger partial charge in [-0.25, -0.2) is 4.68 Å². The number of aromatic nitrogens is 3. The summed E-state index contributed by atoms with van der Waals surface area (Å²) in [6.45, 7) is 0.715. The smallest absolute Gasteiger partial charge is 0.127 e. The normalized spacial score (nSPS) is 10.7. The molecule has 3 aromatic rings. The molecule has 0 saturated carbocycles. The third kappa shape index (κ3) is 2.86. The van der Waals surface area contributed by atoms with Crippen molar-refractivity contribution in [3.05, 3.63) is 68.9 Å². The minimum atomic E-state index is 0.705. The van der Waals surface area contributed by atoms with Gasteiger partial charge in [0.05, 0.1) is 6.54 Å². The van der Waals surface area contributed by atoms with Crippen LogP contribution in [-0.4, -0.2) is 15.0 Å². The van der Waals surface area contributed by atoms with Crippen molar-refractivity contribution in [3.8, 4) is 11.3 Å². The number of hydrogen-bond acceptors (Lipinski definition) is 2. The van der Waals surface area contributed by atoms with Crippen molar-refractivity contribution >= 4 is 34.2 Å². The van der Waals surface area contributed by atoms with Crippen molar-refractivity contribution in [3.63, 3.8) is 0 Å². The lowest BCUT2D eigenvalue weighted by molar-refractivity contribution is 0.636. The van der Waals surface area contributed by atoms with Gasteiger partial charge in [-0.3, -0.25) is 0 Å². The molecule has 1 aromatic heterocycles. The van der Waals surface area contributed by atoms with E-state index < -0.39 is 0 Å². The Morgan fingerprint density at radius 2 is 1.85 bits per heavy atom. The van der Waals surface area contributed by atoms with Gasteiger partial charge in [0.15, 0.2) is 0 Å². The standard InChI is InChI=1S/C15H11ClIN3/c16-13-8-4-7-12(9-13)14-15(17)20(19-18-14)10-11-5-2-1-3-6-11/h1-9H,10H2. The highest BCUT2D eigenvalue weighted by molar-refractivity contribution is 14.1. The Labute approximate surface area is 135 Å². The molecule has 0 N–H and O–H groups in total. The van der Waals surface area contributed by atoms with Crippen molar-refractivity contribution in [1.82, 2.24) is 15.0 Å². The molecule has 0 amide bonds. The Kier molecular flexibility index (Phi) is 4.03. The van der Waals surface area contributed by atoms with Gasteiger partial charge >= 0.3 is 0 Å². The molecule has 0 bridgehead atoms. The lowest BCUT2D eigenvalue weighted by Crippen LogP contribution is -2.03. The van der Waals surface area contributed by atoms with Crippen molar-refractivity contribution < 1.29 is 0 Å². The van der Waals surface area contributed by atoms with E-state index in [1.807, 2.05) is 47.1 Å². The zero-order valence-electron chi connectivity index (χ0n) is 10.5. The Morgan fingerprint density at radius 3 is 2.60 bits per heavy atom. The highest BCUT2D eigenvalue weighted by atomic mass is 127. The molecule has 0 unspecified atom stereocenters. The van der Waals surface area contributed by atoms with Crippen LogP contribution in [0.2, 0.25) is 5.02 Å². The van der Waals surface area contributed by atoms with Crippen LogP contribution < -0.4 is 0 Å². The molecule has 5 heteroatoms. The lowest BCUT2D eigenvalue weighted by Gasteiger charge is -2.03. The van der Waals surface area contributed by atoms with Gasteiger partial charge in [-0.15, -0.1) is 5.10 Å². The average Bonchev–Trinajstić information content (AvgIpc) is 2.81. The summed E-state index contributed by atoms with van der Waals surface area (Å²) in [5, 5.41) is 9.21. The van der Waals surface area contributed by atoms with E-state index in [-0.39, 0.29) is 0 Å². The first-order valence-electron chi connectivity index (χ1n) is 6.13. The fraction of sp³-hybridized carbons (Fsp3) is 0.0667. The third-order valence-corrected chi connectivity index (χ3v) is 4.25. The molecule has 3 rings (SSSR count). The first-order valence-corrected chi connectivity index (χ1v) is 7.58. The van der Waals surface area contributed by atoms with E-state index in [9.17, 15) is 0 Å². The second-order valence-electron chi connectivity index (χ2n) is 4.38. The van der Waals surface area contributed by atoms with Crippen molar-refractivity contribution in [2.75, 3.05) is 0 Å². The van der Waals surface area contributed by atoms with Crippen LogP contribution in [0.15, 0.2) is 54.6 Å². The van der Waals surface area contributed by atoms with Crippen LogP contribution in [0.5, 0.6) is 0 Å². The largest absolute Gasteiger partial charge is 0.234 e. The van der Waals surface area contributed by atoms with Crippen LogP contribution in [0.1, 0.15) is 5.56 Å². The average molecular weight is 396 g/mol. The third-order valence-electron chi connectivity index (χ3n) is 2.95. The fourth-order valence-corrected chi connectivity index (χ4v) is 2.85. The summed E-state index contributed by atoms with van der Waals surface area (Å²) in [6, 6.07) is 17.9. The van der Waals surface area contributed by atoms with E-state index in [0.29, 0.717) is 11.6 Å². The molecule has 0 saturated heterocycles. The van der Waals surface area contributed by atoms with Gasteiger partial charge < -0.3 is 0 Å². The Hall–Kier alpha value is -1.40. The predicted octanol–water partition coefficient (Wildman–Crippen LogP) is 4.25. The van der Waals surface area contributed by atoms with Gasteiger partial charge in [-0.1, -0.05) is 59.3 Å². The molecule has 0 aliphatic carbocycles. The van der Waals surface area contributed by atoms with Crippen LogP contribution in [0, 0.1) is 3.70 Å². The van der Waals surface area contributed by atoms with E-state index in [2.05, 4.69) is 45.0 Å². The zero-order valence-corrected chi connectivity index (χ0v) is 13.4. The second kappa shape index (κ2) is 5.93. The topological polar surface area (TPSA) is 30.7 Å². The summed E-state index contributed by atoms with van der Waals surface area (Å²) < 4.78 is 2.90. The zero-order chi connectivity index (χ0) is 13.9. The van der Waals surface area contributed by atoms with Gasteiger partial charge in [-0.05, 0) is 40.3 Å². The fourth-order valence-electron chi connectivity index (χ4n) is 1.97. The summed E-state index contributed by atoms with van der Waals surface area (Å²) in [6.07, 6.45) is 0. The monoisotopic (exact) mass is 395 g/mol. The summed E-state index contributed by atoms with van der Waals surface area (Å²) >= 11 is 8.30. The van der Waals surface area contributed by atoms with Crippen molar-refractivity contribution in [1.29, 1.82) is 0 Å². The van der Waals surface area contributed by atoms with E-state index in [1.165, 1.54) is 5.56 Å². The van der Waals surface area contributed by atoms with Crippen LogP contribution in [0.25, 0.3) is 11.3 Å². The maximum Gasteiger partial charge on any atom is 0.127 e. The molecule has 3 nitrogen and oxygen atoms in total. The Balaban J connectivity index is 1.93. The van der Waals surface area contributed by atoms with Gasteiger partial charge in [0.1, 0.15) is 9.39 Å². The van der Waals surface area contributed by atoms with Crippen LogP contribution in [-0.2, 0) is 6.54 Å². The summed E-state index contributed by atoms with van der Waals surface area (Å²) in [5.74, 6) is 0. The van der Waals surface area contributed by atoms with Crippen LogP contribution in [0.3, 0.4) is 0 Å². The quantitative estimate of drug-likeness (QED) is 0.621. The molecular formula is C15H11ClIN3. The van der Waals surface area contributed by atoms with E-state index in [1.54, 1.807) is 0 Å². The molecule has 0 fully saturated rings. The molecule has 0 radical (unpaired) electrons. The van der Waals surface area contributed by atoms with E-state index in [4.69, 9.17) is 11.6 Å². The molecule has 1 heterocycles. The SMILES string of the molecule is Clc1cccc(-c2nnn(Cc3ccccc3)c2I)c1. The van der Waals surface area contributed by atoms with E-state index >= 15 is 0 Å². The highest BCUT2D eigenvalue weighted by Gasteiger charge is 2.12. The summed E-state index contributed by atoms with van der Waals surface area (Å²) in [7, 11) is 0. The van der Waals surface area contributed by atoms with Crippen molar-refractivity contribution in [2.45, 2.75) is 6.54 Å². The Bertz CT molecular complexity index is 725. The first kappa shape index (κ1) is 13.6. The minimum Gasteiger partial charge on any atom is -0.234 e. The molecular weight excluding hydrogens is 385 g/mol. The number of rotatable bonds is 3. The first-order chi connectivity index (χ1) is 9.74. The van der Waals surface area contributed by atoms with Gasteiger partial charge in [-0.2, -0.15) is 0 Å². The van der Waals surface area contributed by atoms with Gasteiger partial charge in [0, 0.05) is 10.6 Å². The summed E-state index contributed by atoms with van der Waals surface area (Å²) in [4.78, 5) is 0. The molecule has 20 heavy (non-hydrogen) atoms.